The number of hydrogen-bond acceptors (Lipinski definition) is 2. The molecule has 0 saturated carbocycles. The van der Waals surface area contributed by atoms with Crippen molar-refractivity contribution in [3.8, 4) is 0 Å². The van der Waals surface area contributed by atoms with E-state index in [1.807, 2.05) is 12.1 Å². The third kappa shape index (κ3) is 5.42. The zero-order valence-corrected chi connectivity index (χ0v) is 16.3. The summed E-state index contributed by atoms with van der Waals surface area (Å²) >= 11 is 0. The second-order valence-corrected chi connectivity index (χ2v) is 8.26. The lowest BCUT2D eigenvalue weighted by Gasteiger charge is -2.21. The van der Waals surface area contributed by atoms with Gasteiger partial charge in [0.05, 0.1) is 11.1 Å². The fourth-order valence-electron chi connectivity index (χ4n) is 3.55. The van der Waals surface area contributed by atoms with Crippen LogP contribution in [0.1, 0.15) is 86.9 Å². The lowest BCUT2D eigenvalue weighted by molar-refractivity contribution is 0.0649. The van der Waals surface area contributed by atoms with Crippen LogP contribution in [0.5, 0.6) is 0 Å². The topological polar surface area (TPSA) is 37.4 Å². The molecule has 0 saturated heterocycles. The summed E-state index contributed by atoms with van der Waals surface area (Å²) in [6, 6.07) is 7.15. The molecule has 0 aromatic heterocycles. The number of benzene rings is 1. The molecule has 1 aliphatic rings. The van der Waals surface area contributed by atoms with Crippen LogP contribution >= 0.6 is 0 Å². The maximum Gasteiger partial charge on any atom is 0.261 e. The van der Waals surface area contributed by atoms with Gasteiger partial charge in [-0.25, -0.2) is 0 Å². The summed E-state index contributed by atoms with van der Waals surface area (Å²) in [6.45, 7) is 9.65. The van der Waals surface area contributed by atoms with Gasteiger partial charge in [0.2, 0.25) is 0 Å². The van der Waals surface area contributed by atoms with E-state index in [1.54, 1.807) is 12.1 Å². The van der Waals surface area contributed by atoms with Crippen LogP contribution in [0.4, 0.5) is 0 Å². The molecule has 0 spiro atoms. The predicted molar refractivity (Wildman–Crippen MR) is 103 cm³/mol. The average Bonchev–Trinajstić information content (AvgIpc) is 2.81. The number of amides is 2. The third-order valence-electron chi connectivity index (χ3n) is 5.18. The first kappa shape index (κ1) is 19.7. The van der Waals surface area contributed by atoms with Crippen molar-refractivity contribution in [1.82, 2.24) is 4.90 Å². The van der Waals surface area contributed by atoms with Gasteiger partial charge in [-0.05, 0) is 42.7 Å². The van der Waals surface area contributed by atoms with Crippen LogP contribution in [-0.4, -0.2) is 23.3 Å². The fraction of sp³-hybridized carbons (Fsp3) is 0.636. The monoisotopic (exact) mass is 343 g/mol. The molecule has 1 heterocycles. The highest BCUT2D eigenvalue weighted by molar-refractivity contribution is 6.21. The molecule has 1 aromatic carbocycles. The van der Waals surface area contributed by atoms with Crippen molar-refractivity contribution < 1.29 is 9.59 Å². The first-order valence-corrected chi connectivity index (χ1v) is 9.85. The molecular formula is C22H33NO2. The van der Waals surface area contributed by atoms with E-state index in [0.29, 0.717) is 23.6 Å². The van der Waals surface area contributed by atoms with Crippen LogP contribution in [-0.2, 0) is 0 Å². The molecule has 0 N–H and O–H groups in total. The standard InChI is InChI=1S/C22H33NO2/c1-16(2)11-13-18(14-12-17(3)4)8-7-15-23-21(24)19-9-5-6-10-20(19)22(23)25/h5-6,9-10,16-18H,7-8,11-15H2,1-4H3. The number of nitrogens with zero attached hydrogens (tertiary/aromatic N) is 1. The number of carbonyl (C=O) groups is 2. The Balaban J connectivity index is 1.86. The second-order valence-electron chi connectivity index (χ2n) is 8.26. The Morgan fingerprint density at radius 1 is 0.760 bits per heavy atom. The number of hydrogen-bond donors (Lipinski definition) is 0. The molecule has 3 heteroatoms. The third-order valence-corrected chi connectivity index (χ3v) is 5.18. The molecule has 0 aliphatic carbocycles. The molecular weight excluding hydrogens is 310 g/mol. The normalized spacial score (nSPS) is 14.3. The van der Waals surface area contributed by atoms with Gasteiger partial charge in [0.1, 0.15) is 0 Å². The van der Waals surface area contributed by atoms with Gasteiger partial charge >= 0.3 is 0 Å². The molecule has 0 bridgehead atoms. The molecule has 0 radical (unpaired) electrons. The molecule has 3 nitrogen and oxygen atoms in total. The average molecular weight is 344 g/mol. The van der Waals surface area contributed by atoms with Gasteiger partial charge in [0, 0.05) is 6.54 Å². The molecule has 2 rings (SSSR count). The maximum atomic E-state index is 12.4. The minimum atomic E-state index is -0.124. The molecule has 2 amide bonds. The largest absolute Gasteiger partial charge is 0.274 e. The summed E-state index contributed by atoms with van der Waals surface area (Å²) < 4.78 is 0. The summed E-state index contributed by atoms with van der Waals surface area (Å²) in [7, 11) is 0. The molecule has 138 valence electrons. The molecule has 0 fully saturated rings. The number of imide groups is 1. The molecule has 25 heavy (non-hydrogen) atoms. The number of rotatable bonds is 10. The zero-order valence-electron chi connectivity index (χ0n) is 16.3. The van der Waals surface area contributed by atoms with E-state index in [1.165, 1.54) is 30.6 Å². The molecule has 0 atom stereocenters. The quantitative estimate of drug-likeness (QED) is 0.522. The van der Waals surface area contributed by atoms with E-state index < -0.39 is 0 Å². The lowest BCUT2D eigenvalue weighted by atomic mass is 9.88. The van der Waals surface area contributed by atoms with Crippen LogP contribution in [0.3, 0.4) is 0 Å². The van der Waals surface area contributed by atoms with Crippen LogP contribution in [0.25, 0.3) is 0 Å². The summed E-state index contributed by atoms with van der Waals surface area (Å²) in [6.07, 6.45) is 7.05. The maximum absolute atomic E-state index is 12.4. The molecule has 1 aromatic rings. The molecule has 1 aliphatic heterocycles. The summed E-state index contributed by atoms with van der Waals surface area (Å²) in [5.41, 5.74) is 1.12. The number of carbonyl (C=O) groups excluding carboxylic acids is 2. The highest BCUT2D eigenvalue weighted by Gasteiger charge is 2.34. The van der Waals surface area contributed by atoms with Gasteiger partial charge < -0.3 is 0 Å². The summed E-state index contributed by atoms with van der Waals surface area (Å²) in [4.78, 5) is 26.3. The van der Waals surface area contributed by atoms with Crippen LogP contribution in [0.15, 0.2) is 24.3 Å². The summed E-state index contributed by atoms with van der Waals surface area (Å²) in [5.74, 6) is 1.93. The fourth-order valence-corrected chi connectivity index (χ4v) is 3.55. The first-order valence-electron chi connectivity index (χ1n) is 9.85. The van der Waals surface area contributed by atoms with Crippen molar-refractivity contribution in [3.05, 3.63) is 35.4 Å². The smallest absolute Gasteiger partial charge is 0.261 e. The van der Waals surface area contributed by atoms with Gasteiger partial charge in [-0.1, -0.05) is 65.5 Å². The lowest BCUT2D eigenvalue weighted by Crippen LogP contribution is -2.31. The van der Waals surface area contributed by atoms with E-state index in [4.69, 9.17) is 0 Å². The Kier molecular flexibility index (Phi) is 7.22. The Labute approximate surface area is 152 Å². The minimum Gasteiger partial charge on any atom is -0.274 e. The van der Waals surface area contributed by atoms with E-state index in [0.717, 1.165) is 24.7 Å². The zero-order chi connectivity index (χ0) is 18.4. The highest BCUT2D eigenvalue weighted by atomic mass is 16.2. The van der Waals surface area contributed by atoms with Gasteiger partial charge in [0.15, 0.2) is 0 Å². The van der Waals surface area contributed by atoms with Crippen molar-refractivity contribution in [2.45, 2.75) is 66.2 Å². The summed E-state index contributed by atoms with van der Waals surface area (Å²) in [5, 5.41) is 0. The van der Waals surface area contributed by atoms with Crippen LogP contribution in [0.2, 0.25) is 0 Å². The Morgan fingerprint density at radius 3 is 1.68 bits per heavy atom. The van der Waals surface area contributed by atoms with Gasteiger partial charge in [-0.3, -0.25) is 14.5 Å². The van der Waals surface area contributed by atoms with Crippen molar-refractivity contribution in [2.24, 2.45) is 17.8 Å². The van der Waals surface area contributed by atoms with Gasteiger partial charge in [0.25, 0.3) is 11.8 Å². The Morgan fingerprint density at radius 2 is 1.24 bits per heavy atom. The van der Waals surface area contributed by atoms with E-state index in [9.17, 15) is 9.59 Å². The van der Waals surface area contributed by atoms with Crippen molar-refractivity contribution in [1.29, 1.82) is 0 Å². The minimum absolute atomic E-state index is 0.124. The van der Waals surface area contributed by atoms with Crippen molar-refractivity contribution >= 4 is 11.8 Å². The number of fused-ring (bicyclic) bond motifs is 1. The van der Waals surface area contributed by atoms with E-state index in [2.05, 4.69) is 27.7 Å². The predicted octanol–water partition coefficient (Wildman–Crippen LogP) is 5.55. The van der Waals surface area contributed by atoms with Gasteiger partial charge in [-0.15, -0.1) is 0 Å². The highest BCUT2D eigenvalue weighted by Crippen LogP contribution is 2.26. The Hall–Kier alpha value is -1.64. The van der Waals surface area contributed by atoms with E-state index in [-0.39, 0.29) is 11.8 Å². The van der Waals surface area contributed by atoms with E-state index >= 15 is 0 Å². The van der Waals surface area contributed by atoms with Gasteiger partial charge in [-0.2, -0.15) is 0 Å². The Bertz CT molecular complexity index is 544. The second kappa shape index (κ2) is 9.17. The molecule has 0 unspecified atom stereocenters. The van der Waals surface area contributed by atoms with Crippen LogP contribution < -0.4 is 0 Å². The first-order chi connectivity index (χ1) is 11.9. The van der Waals surface area contributed by atoms with Crippen molar-refractivity contribution in [3.63, 3.8) is 0 Å². The van der Waals surface area contributed by atoms with Crippen molar-refractivity contribution in [2.75, 3.05) is 6.54 Å². The SMILES string of the molecule is CC(C)CCC(CCCN1C(=O)c2ccccc2C1=O)CCC(C)C. The van der Waals surface area contributed by atoms with Crippen LogP contribution in [0, 0.1) is 17.8 Å².